The molecule has 2 aromatic heterocycles. The van der Waals surface area contributed by atoms with Crippen molar-refractivity contribution in [2.24, 2.45) is 0 Å². The SMILES string of the molecule is CCCc1cc(N2CCN(C(=O)Cc3ccc(OC)cc3)CC2C(=O)NCc2ccc(Cl)cc2)nc(-n2ccnc2)n1. The van der Waals surface area contributed by atoms with Crippen molar-refractivity contribution in [3.63, 3.8) is 0 Å². The molecule has 1 saturated heterocycles. The summed E-state index contributed by atoms with van der Waals surface area (Å²) in [6.07, 6.45) is 7.04. The van der Waals surface area contributed by atoms with E-state index in [-0.39, 0.29) is 24.8 Å². The fourth-order valence-corrected chi connectivity index (χ4v) is 5.07. The molecule has 5 rings (SSSR count). The van der Waals surface area contributed by atoms with Gasteiger partial charge < -0.3 is 19.9 Å². The predicted molar refractivity (Wildman–Crippen MR) is 161 cm³/mol. The van der Waals surface area contributed by atoms with Crippen LogP contribution in [0, 0.1) is 0 Å². The van der Waals surface area contributed by atoms with Crippen molar-refractivity contribution in [1.29, 1.82) is 0 Å². The molecule has 42 heavy (non-hydrogen) atoms. The second-order valence-electron chi connectivity index (χ2n) is 10.2. The van der Waals surface area contributed by atoms with Crippen LogP contribution in [0.3, 0.4) is 0 Å². The van der Waals surface area contributed by atoms with Crippen LogP contribution in [0.15, 0.2) is 73.3 Å². The van der Waals surface area contributed by atoms with Crippen molar-refractivity contribution in [3.8, 4) is 11.7 Å². The molecule has 1 unspecified atom stereocenters. The van der Waals surface area contributed by atoms with E-state index < -0.39 is 6.04 Å². The average molecular weight is 588 g/mol. The topological polar surface area (TPSA) is 105 Å². The first kappa shape index (κ1) is 29.1. The molecule has 1 atom stereocenters. The number of aromatic nitrogens is 4. The van der Waals surface area contributed by atoms with E-state index in [1.807, 2.05) is 47.4 Å². The van der Waals surface area contributed by atoms with E-state index in [9.17, 15) is 9.59 Å². The zero-order chi connectivity index (χ0) is 29.5. The van der Waals surface area contributed by atoms with Crippen LogP contribution in [0.25, 0.3) is 5.95 Å². The molecule has 0 radical (unpaired) electrons. The Bertz CT molecular complexity index is 1490. The van der Waals surface area contributed by atoms with Crippen molar-refractivity contribution >= 4 is 29.2 Å². The Balaban J connectivity index is 1.40. The maximum Gasteiger partial charge on any atom is 0.244 e. The van der Waals surface area contributed by atoms with Crippen molar-refractivity contribution in [3.05, 3.63) is 95.2 Å². The third kappa shape index (κ3) is 7.06. The number of piperazine rings is 1. The zero-order valence-electron chi connectivity index (χ0n) is 23.7. The van der Waals surface area contributed by atoms with Gasteiger partial charge >= 0.3 is 0 Å². The number of aryl methyl sites for hydroxylation is 1. The van der Waals surface area contributed by atoms with Crippen LogP contribution in [0.2, 0.25) is 5.02 Å². The summed E-state index contributed by atoms with van der Waals surface area (Å²) in [5.74, 6) is 1.65. The standard InChI is InChI=1S/C31H34ClN7O3/c1-3-4-25-18-28(36-31(35-25)38-14-13-33-21-38)39-16-15-37(29(40)17-22-7-11-26(42-2)12-8-22)20-27(39)30(41)34-19-23-5-9-24(32)10-6-23/h5-14,18,21,27H,3-4,15-17,19-20H2,1-2H3,(H,34,41). The summed E-state index contributed by atoms with van der Waals surface area (Å²) in [6, 6.07) is 16.1. The second-order valence-corrected chi connectivity index (χ2v) is 10.6. The largest absolute Gasteiger partial charge is 0.497 e. The molecule has 1 N–H and O–H groups in total. The number of imidazole rings is 1. The molecule has 10 nitrogen and oxygen atoms in total. The van der Waals surface area contributed by atoms with Gasteiger partial charge in [0.05, 0.1) is 20.1 Å². The lowest BCUT2D eigenvalue weighted by atomic mass is 10.1. The van der Waals surface area contributed by atoms with E-state index in [1.165, 1.54) is 0 Å². The normalized spacial score (nSPS) is 15.0. The number of carbonyl (C=O) groups excluding carboxylic acids is 2. The van der Waals surface area contributed by atoms with E-state index in [4.69, 9.17) is 26.3 Å². The predicted octanol–water partition coefficient (Wildman–Crippen LogP) is 3.85. The van der Waals surface area contributed by atoms with E-state index >= 15 is 0 Å². The summed E-state index contributed by atoms with van der Waals surface area (Å²) >= 11 is 6.03. The van der Waals surface area contributed by atoms with Gasteiger partial charge in [0.1, 0.15) is 23.9 Å². The van der Waals surface area contributed by atoms with E-state index in [2.05, 4.69) is 17.2 Å². The minimum absolute atomic E-state index is 0.0382. The summed E-state index contributed by atoms with van der Waals surface area (Å²) in [6.45, 7) is 3.57. The smallest absolute Gasteiger partial charge is 0.244 e. The number of nitrogens with zero attached hydrogens (tertiary/aromatic N) is 6. The molecule has 3 heterocycles. The number of halogens is 1. The fraction of sp³-hybridized carbons (Fsp3) is 0.323. The van der Waals surface area contributed by atoms with Gasteiger partial charge in [0.25, 0.3) is 0 Å². The molecule has 1 fully saturated rings. The number of ether oxygens (including phenoxy) is 1. The molecular weight excluding hydrogens is 554 g/mol. The van der Waals surface area contributed by atoms with Gasteiger partial charge in [0.2, 0.25) is 17.8 Å². The number of carbonyl (C=O) groups is 2. The lowest BCUT2D eigenvalue weighted by molar-refractivity contribution is -0.132. The Morgan fingerprint density at radius 2 is 1.81 bits per heavy atom. The van der Waals surface area contributed by atoms with Gasteiger partial charge in [-0.05, 0) is 41.8 Å². The summed E-state index contributed by atoms with van der Waals surface area (Å²) in [7, 11) is 1.61. The van der Waals surface area contributed by atoms with Gasteiger partial charge in [-0.2, -0.15) is 4.98 Å². The highest BCUT2D eigenvalue weighted by molar-refractivity contribution is 6.30. The Labute approximate surface area is 250 Å². The highest BCUT2D eigenvalue weighted by Crippen LogP contribution is 2.23. The van der Waals surface area contributed by atoms with Crippen LogP contribution >= 0.6 is 11.6 Å². The first-order valence-corrected chi connectivity index (χ1v) is 14.4. The summed E-state index contributed by atoms with van der Waals surface area (Å²) in [5, 5.41) is 3.69. The van der Waals surface area contributed by atoms with Crippen molar-refractivity contribution in [2.75, 3.05) is 31.6 Å². The van der Waals surface area contributed by atoms with Gasteiger partial charge in [-0.3, -0.25) is 14.2 Å². The van der Waals surface area contributed by atoms with Crippen LogP contribution in [0.1, 0.15) is 30.2 Å². The Hall–Kier alpha value is -4.44. The number of amides is 2. The molecule has 11 heteroatoms. The van der Waals surface area contributed by atoms with Crippen LogP contribution in [-0.4, -0.2) is 69.0 Å². The van der Waals surface area contributed by atoms with Crippen LogP contribution in [0.5, 0.6) is 5.75 Å². The molecule has 0 saturated carbocycles. The minimum atomic E-state index is -0.647. The first-order chi connectivity index (χ1) is 20.4. The molecule has 2 amide bonds. The first-order valence-electron chi connectivity index (χ1n) is 14.0. The lowest BCUT2D eigenvalue weighted by Gasteiger charge is -2.41. The summed E-state index contributed by atoms with van der Waals surface area (Å²) < 4.78 is 6.99. The van der Waals surface area contributed by atoms with E-state index in [0.29, 0.717) is 36.4 Å². The minimum Gasteiger partial charge on any atom is -0.497 e. The Morgan fingerprint density at radius 3 is 2.50 bits per heavy atom. The van der Waals surface area contributed by atoms with E-state index in [1.54, 1.807) is 47.4 Å². The number of benzene rings is 2. The number of hydrogen-bond donors (Lipinski definition) is 1. The highest BCUT2D eigenvalue weighted by Gasteiger charge is 2.35. The van der Waals surface area contributed by atoms with Crippen LogP contribution in [0.4, 0.5) is 5.82 Å². The monoisotopic (exact) mass is 587 g/mol. The van der Waals surface area contributed by atoms with Crippen molar-refractivity contribution in [2.45, 2.75) is 38.8 Å². The van der Waals surface area contributed by atoms with Gasteiger partial charge in [-0.15, -0.1) is 0 Å². The third-order valence-electron chi connectivity index (χ3n) is 7.22. The quantitative estimate of drug-likeness (QED) is 0.300. The average Bonchev–Trinajstić information content (AvgIpc) is 3.56. The van der Waals surface area contributed by atoms with Crippen molar-refractivity contribution in [1.82, 2.24) is 29.7 Å². The van der Waals surface area contributed by atoms with Gasteiger partial charge in [-0.25, -0.2) is 9.97 Å². The molecular formula is C31H34ClN7O3. The van der Waals surface area contributed by atoms with Gasteiger partial charge in [0, 0.05) is 48.8 Å². The molecule has 1 aliphatic heterocycles. The molecule has 2 aromatic carbocycles. The van der Waals surface area contributed by atoms with E-state index in [0.717, 1.165) is 35.4 Å². The summed E-state index contributed by atoms with van der Waals surface area (Å²) in [5.41, 5.74) is 2.69. The highest BCUT2D eigenvalue weighted by atomic mass is 35.5. The summed E-state index contributed by atoms with van der Waals surface area (Å²) in [4.78, 5) is 44.6. The lowest BCUT2D eigenvalue weighted by Crippen LogP contribution is -2.60. The number of rotatable bonds is 10. The number of nitrogens with one attached hydrogen (secondary N) is 1. The van der Waals surface area contributed by atoms with Gasteiger partial charge in [-0.1, -0.05) is 49.2 Å². The molecule has 4 aromatic rings. The maximum atomic E-state index is 13.8. The number of hydrogen-bond acceptors (Lipinski definition) is 7. The fourth-order valence-electron chi connectivity index (χ4n) is 4.94. The molecule has 0 spiro atoms. The zero-order valence-corrected chi connectivity index (χ0v) is 24.5. The van der Waals surface area contributed by atoms with Gasteiger partial charge in [0.15, 0.2) is 0 Å². The Kier molecular flexibility index (Phi) is 9.33. The molecule has 1 aliphatic rings. The second kappa shape index (κ2) is 13.5. The Morgan fingerprint density at radius 1 is 1.05 bits per heavy atom. The molecule has 0 aliphatic carbocycles. The van der Waals surface area contributed by atoms with Crippen LogP contribution < -0.4 is 15.0 Å². The molecule has 218 valence electrons. The van der Waals surface area contributed by atoms with Crippen LogP contribution in [-0.2, 0) is 29.0 Å². The molecule has 0 bridgehead atoms. The number of anilines is 1. The van der Waals surface area contributed by atoms with Crippen molar-refractivity contribution < 1.29 is 14.3 Å². The maximum absolute atomic E-state index is 13.8. The third-order valence-corrected chi connectivity index (χ3v) is 7.47. The number of methoxy groups -OCH3 is 1.